The van der Waals surface area contributed by atoms with Crippen LogP contribution in [0.2, 0.25) is 0 Å². The number of hydrogen-bond acceptors (Lipinski definition) is 3. The van der Waals surface area contributed by atoms with Gasteiger partial charge in [0.1, 0.15) is 0 Å². The van der Waals surface area contributed by atoms with Crippen LogP contribution in [-0.4, -0.2) is 36.4 Å². The highest BCUT2D eigenvalue weighted by Crippen LogP contribution is 2.28. The Morgan fingerprint density at radius 3 is 2.15 bits per heavy atom. The third kappa shape index (κ3) is 2.48. The number of piperidine rings is 1. The molecule has 0 aromatic carbocycles. The van der Waals surface area contributed by atoms with Crippen LogP contribution in [0.1, 0.15) is 19.3 Å². The summed E-state index contributed by atoms with van der Waals surface area (Å²) in [5, 5.41) is 16.5. The number of nitrogens with one attached hydrogen (secondary N) is 2. The molecule has 1 atom stereocenters. The third-order valence-corrected chi connectivity index (χ3v) is 3.03. The smallest absolute Gasteiger partial charge is 0.0734 e. The number of aliphatic hydroxyl groups is 1. The van der Waals surface area contributed by atoms with E-state index < -0.39 is 0 Å². The van der Waals surface area contributed by atoms with Gasteiger partial charge in [-0.1, -0.05) is 0 Å². The van der Waals surface area contributed by atoms with Crippen LogP contribution < -0.4 is 10.6 Å². The lowest BCUT2D eigenvalue weighted by molar-refractivity contribution is 0.0753. The first-order chi connectivity index (χ1) is 5.33. The molecule has 0 radical (unpaired) electrons. The van der Waals surface area contributed by atoms with Crippen molar-refractivity contribution in [2.45, 2.75) is 30.9 Å². The quantitative estimate of drug-likeness (QED) is 0.560. The largest absolute Gasteiger partial charge is 0.391 e. The zero-order valence-corrected chi connectivity index (χ0v) is 9.22. The van der Waals surface area contributed by atoms with E-state index in [4.69, 9.17) is 0 Å². The second-order valence-electron chi connectivity index (χ2n) is 3.64. The van der Waals surface area contributed by atoms with Crippen molar-refractivity contribution in [1.29, 1.82) is 0 Å². The van der Waals surface area contributed by atoms with Crippen LogP contribution >= 0.6 is 24.8 Å². The van der Waals surface area contributed by atoms with Crippen molar-refractivity contribution in [3.63, 3.8) is 0 Å². The molecule has 3 N–H and O–H groups in total. The predicted molar refractivity (Wildman–Crippen MR) is 58.0 cm³/mol. The van der Waals surface area contributed by atoms with Gasteiger partial charge in [0.25, 0.3) is 0 Å². The van der Waals surface area contributed by atoms with E-state index in [-0.39, 0.29) is 36.5 Å². The Hall–Kier alpha value is 0.460. The Kier molecular flexibility index (Phi) is 5.56. The zero-order valence-electron chi connectivity index (χ0n) is 7.58. The fourth-order valence-electron chi connectivity index (χ4n) is 2.23. The van der Waals surface area contributed by atoms with Gasteiger partial charge in [-0.15, -0.1) is 24.8 Å². The van der Waals surface area contributed by atoms with Crippen LogP contribution in [0.25, 0.3) is 0 Å². The molecular formula is C8H18Cl2N2O. The SMILES string of the molecule is Cl.Cl.OC1CCNC12CCNCC2. The molecule has 2 heterocycles. The number of rotatable bonds is 0. The van der Waals surface area contributed by atoms with Gasteiger partial charge in [0.15, 0.2) is 0 Å². The molecule has 0 aliphatic carbocycles. The molecule has 1 unspecified atom stereocenters. The fourth-order valence-corrected chi connectivity index (χ4v) is 2.23. The summed E-state index contributed by atoms with van der Waals surface area (Å²) in [5.41, 5.74) is 0.0747. The first kappa shape index (κ1) is 13.5. The lowest BCUT2D eigenvalue weighted by Gasteiger charge is -2.36. The molecule has 2 rings (SSSR count). The Labute approximate surface area is 91.5 Å². The minimum absolute atomic E-state index is 0. The normalized spacial score (nSPS) is 30.7. The fraction of sp³-hybridized carbons (Fsp3) is 1.00. The van der Waals surface area contributed by atoms with E-state index in [1.54, 1.807) is 0 Å². The van der Waals surface area contributed by atoms with Gasteiger partial charge in [-0.2, -0.15) is 0 Å². The van der Waals surface area contributed by atoms with E-state index in [2.05, 4.69) is 10.6 Å². The molecule has 80 valence electrons. The molecule has 1 spiro atoms. The first-order valence-electron chi connectivity index (χ1n) is 4.47. The maximum absolute atomic E-state index is 9.71. The number of halogens is 2. The van der Waals surface area contributed by atoms with Crippen molar-refractivity contribution in [2.75, 3.05) is 19.6 Å². The highest BCUT2D eigenvalue weighted by molar-refractivity contribution is 5.85. The van der Waals surface area contributed by atoms with Crippen molar-refractivity contribution < 1.29 is 5.11 Å². The second kappa shape index (κ2) is 5.37. The minimum Gasteiger partial charge on any atom is -0.391 e. The molecule has 13 heavy (non-hydrogen) atoms. The molecule has 0 bridgehead atoms. The standard InChI is InChI=1S/C8H16N2O.2ClH/c11-7-1-4-10-8(7)2-5-9-6-3-8;;/h7,9-11H,1-6H2;2*1H. The molecule has 2 fully saturated rings. The summed E-state index contributed by atoms with van der Waals surface area (Å²) in [7, 11) is 0. The van der Waals surface area contributed by atoms with Gasteiger partial charge in [-0.3, -0.25) is 0 Å². The Morgan fingerprint density at radius 1 is 1.08 bits per heavy atom. The monoisotopic (exact) mass is 228 g/mol. The zero-order chi connectivity index (χ0) is 7.73. The van der Waals surface area contributed by atoms with E-state index >= 15 is 0 Å². The number of hydrogen-bond donors (Lipinski definition) is 3. The molecule has 2 saturated heterocycles. The number of aliphatic hydroxyl groups excluding tert-OH is 1. The summed E-state index contributed by atoms with van der Waals surface area (Å²) in [5.74, 6) is 0. The summed E-state index contributed by atoms with van der Waals surface area (Å²) in [6.07, 6.45) is 2.98. The second-order valence-corrected chi connectivity index (χ2v) is 3.64. The van der Waals surface area contributed by atoms with Crippen molar-refractivity contribution >= 4 is 24.8 Å². The van der Waals surface area contributed by atoms with Gasteiger partial charge in [0.2, 0.25) is 0 Å². The summed E-state index contributed by atoms with van der Waals surface area (Å²) in [6, 6.07) is 0. The van der Waals surface area contributed by atoms with Crippen molar-refractivity contribution in [1.82, 2.24) is 10.6 Å². The third-order valence-electron chi connectivity index (χ3n) is 3.03. The van der Waals surface area contributed by atoms with Gasteiger partial charge >= 0.3 is 0 Å². The van der Waals surface area contributed by atoms with E-state index in [9.17, 15) is 5.11 Å². The molecule has 0 amide bonds. The lowest BCUT2D eigenvalue weighted by atomic mass is 9.85. The topological polar surface area (TPSA) is 44.3 Å². The lowest BCUT2D eigenvalue weighted by Crippen LogP contribution is -2.54. The molecule has 0 aromatic rings. The van der Waals surface area contributed by atoms with E-state index in [1.165, 1.54) is 0 Å². The molecule has 2 aliphatic rings. The van der Waals surface area contributed by atoms with Crippen LogP contribution in [0.15, 0.2) is 0 Å². The Bertz CT molecular complexity index is 151. The van der Waals surface area contributed by atoms with Crippen LogP contribution in [0.5, 0.6) is 0 Å². The summed E-state index contributed by atoms with van der Waals surface area (Å²) in [4.78, 5) is 0. The van der Waals surface area contributed by atoms with E-state index in [0.29, 0.717) is 0 Å². The van der Waals surface area contributed by atoms with Gasteiger partial charge < -0.3 is 15.7 Å². The van der Waals surface area contributed by atoms with Crippen molar-refractivity contribution in [3.05, 3.63) is 0 Å². The maximum Gasteiger partial charge on any atom is 0.0734 e. The highest BCUT2D eigenvalue weighted by Gasteiger charge is 2.41. The molecule has 5 heteroatoms. The van der Waals surface area contributed by atoms with Crippen molar-refractivity contribution in [2.24, 2.45) is 0 Å². The van der Waals surface area contributed by atoms with Gasteiger partial charge in [0, 0.05) is 5.54 Å². The molecule has 2 aliphatic heterocycles. The molecule has 0 saturated carbocycles. The Balaban J connectivity index is 0.000000720. The van der Waals surface area contributed by atoms with Crippen LogP contribution in [0.3, 0.4) is 0 Å². The summed E-state index contributed by atoms with van der Waals surface area (Å²) < 4.78 is 0. The first-order valence-corrected chi connectivity index (χ1v) is 4.47. The van der Waals surface area contributed by atoms with Crippen LogP contribution in [0, 0.1) is 0 Å². The van der Waals surface area contributed by atoms with Crippen molar-refractivity contribution in [3.8, 4) is 0 Å². The average molecular weight is 229 g/mol. The maximum atomic E-state index is 9.71. The predicted octanol–water partition coefficient (Wildman–Crippen LogP) is 0.306. The molecule has 0 aromatic heterocycles. The summed E-state index contributed by atoms with van der Waals surface area (Å²) >= 11 is 0. The van der Waals surface area contributed by atoms with Crippen LogP contribution in [-0.2, 0) is 0 Å². The van der Waals surface area contributed by atoms with E-state index in [0.717, 1.165) is 38.9 Å². The van der Waals surface area contributed by atoms with Gasteiger partial charge in [-0.25, -0.2) is 0 Å². The van der Waals surface area contributed by atoms with E-state index in [1.807, 2.05) is 0 Å². The summed E-state index contributed by atoms with van der Waals surface area (Å²) in [6.45, 7) is 3.08. The van der Waals surface area contributed by atoms with Gasteiger partial charge in [0.05, 0.1) is 6.10 Å². The van der Waals surface area contributed by atoms with Crippen LogP contribution in [0.4, 0.5) is 0 Å². The Morgan fingerprint density at radius 2 is 1.69 bits per heavy atom. The average Bonchev–Trinajstić information content (AvgIpc) is 2.36. The minimum atomic E-state index is -0.107. The molecule has 3 nitrogen and oxygen atoms in total. The van der Waals surface area contributed by atoms with Gasteiger partial charge in [-0.05, 0) is 38.9 Å². The highest BCUT2D eigenvalue weighted by atomic mass is 35.5. The molecular weight excluding hydrogens is 211 g/mol.